The fraction of sp³-hybridized carbons (Fsp3) is 0.409. The number of carbonyl (C=O) groups excluding carboxylic acids is 1. The lowest BCUT2D eigenvalue weighted by atomic mass is 10.1. The van der Waals surface area contributed by atoms with Crippen molar-refractivity contribution in [3.63, 3.8) is 0 Å². The number of hydrogen-bond acceptors (Lipinski definition) is 4. The number of anilines is 1. The molecule has 2 atom stereocenters. The highest BCUT2D eigenvalue weighted by atomic mass is 32.2. The summed E-state index contributed by atoms with van der Waals surface area (Å²) in [7, 11) is -3.06. The maximum Gasteiger partial charge on any atom is 0.242 e. The second-order valence-corrected chi connectivity index (χ2v) is 10.1. The Labute approximate surface area is 166 Å². The second-order valence-electron chi connectivity index (χ2n) is 7.87. The zero-order valence-electron chi connectivity index (χ0n) is 16.1. The quantitative estimate of drug-likeness (QED) is 0.777. The largest absolute Gasteiger partial charge is 0.359 e. The first-order valence-electron chi connectivity index (χ1n) is 9.81. The molecule has 1 saturated heterocycles. The third kappa shape index (κ3) is 3.92. The molecule has 0 aromatic heterocycles. The fourth-order valence-electron chi connectivity index (χ4n) is 4.33. The Morgan fingerprint density at radius 2 is 1.82 bits per heavy atom. The number of carbonyl (C=O) groups is 1. The summed E-state index contributed by atoms with van der Waals surface area (Å²) in [6.45, 7) is 2.86. The summed E-state index contributed by atoms with van der Waals surface area (Å²) in [6, 6.07) is 18.0. The molecule has 2 aromatic rings. The van der Waals surface area contributed by atoms with Crippen LogP contribution in [0.4, 0.5) is 5.69 Å². The maximum absolute atomic E-state index is 13.3. The van der Waals surface area contributed by atoms with E-state index in [9.17, 15) is 13.2 Å². The van der Waals surface area contributed by atoms with Crippen molar-refractivity contribution in [2.45, 2.75) is 38.4 Å². The van der Waals surface area contributed by atoms with Crippen molar-refractivity contribution in [1.29, 1.82) is 0 Å². The molecule has 28 heavy (non-hydrogen) atoms. The first-order valence-corrected chi connectivity index (χ1v) is 11.6. The molecule has 6 heteroatoms. The molecular formula is C22H26N2O3S. The molecule has 2 heterocycles. The summed E-state index contributed by atoms with van der Waals surface area (Å²) in [5, 5.41) is 0. The van der Waals surface area contributed by atoms with Gasteiger partial charge in [-0.2, -0.15) is 0 Å². The highest BCUT2D eigenvalue weighted by molar-refractivity contribution is 7.91. The molecule has 2 aliphatic rings. The smallest absolute Gasteiger partial charge is 0.242 e. The number of hydrogen-bond donors (Lipinski definition) is 0. The van der Waals surface area contributed by atoms with Crippen molar-refractivity contribution in [3.8, 4) is 0 Å². The zero-order chi connectivity index (χ0) is 19.7. The Kier molecular flexibility index (Phi) is 5.15. The zero-order valence-corrected chi connectivity index (χ0v) is 16.9. The summed E-state index contributed by atoms with van der Waals surface area (Å²) in [4.78, 5) is 17.3. The molecule has 0 N–H and O–H groups in total. The van der Waals surface area contributed by atoms with Crippen LogP contribution in [0.1, 0.15) is 24.5 Å². The van der Waals surface area contributed by atoms with E-state index in [1.807, 2.05) is 42.5 Å². The van der Waals surface area contributed by atoms with E-state index >= 15 is 0 Å². The fourth-order valence-corrected chi connectivity index (χ4v) is 6.06. The molecule has 0 bridgehead atoms. The van der Waals surface area contributed by atoms with Gasteiger partial charge < -0.3 is 9.80 Å². The van der Waals surface area contributed by atoms with Gasteiger partial charge in [-0.25, -0.2) is 8.42 Å². The first-order chi connectivity index (χ1) is 13.4. The second kappa shape index (κ2) is 7.59. The minimum atomic E-state index is -3.06. The van der Waals surface area contributed by atoms with E-state index in [0.29, 0.717) is 13.0 Å². The van der Waals surface area contributed by atoms with E-state index in [0.717, 1.165) is 17.7 Å². The minimum Gasteiger partial charge on any atom is -0.359 e. The molecule has 1 fully saturated rings. The average molecular weight is 399 g/mol. The predicted molar refractivity (Wildman–Crippen MR) is 111 cm³/mol. The van der Waals surface area contributed by atoms with E-state index in [1.54, 1.807) is 4.90 Å². The molecule has 4 rings (SSSR count). The molecular weight excluding hydrogens is 372 g/mol. The number of nitrogens with zero attached hydrogens (tertiary/aromatic N) is 2. The maximum atomic E-state index is 13.3. The molecule has 0 spiro atoms. The lowest BCUT2D eigenvalue weighted by molar-refractivity contribution is -0.132. The van der Waals surface area contributed by atoms with Crippen molar-refractivity contribution in [2.75, 3.05) is 23.0 Å². The minimum absolute atomic E-state index is 0.00509. The van der Waals surface area contributed by atoms with Crippen LogP contribution in [0.5, 0.6) is 0 Å². The van der Waals surface area contributed by atoms with Gasteiger partial charge in [-0.15, -0.1) is 0 Å². The Hall–Kier alpha value is -2.34. The standard InChI is InChI=1S/C22H26N2O3S/c1-17-13-19-9-5-6-10-21(19)23(17)15-22(25)24(14-18-7-3-2-4-8-18)20-11-12-28(26,27)16-20/h2-10,17,20H,11-16H2,1H3/t17-,20-/m0/s1. The SMILES string of the molecule is C[C@H]1Cc2ccccc2N1CC(=O)N(Cc1ccccc1)[C@H]1CCS(=O)(=O)C1. The van der Waals surface area contributed by atoms with Crippen molar-refractivity contribution in [3.05, 3.63) is 65.7 Å². The number of rotatable bonds is 5. The van der Waals surface area contributed by atoms with Gasteiger partial charge in [0.25, 0.3) is 0 Å². The van der Waals surface area contributed by atoms with E-state index in [1.165, 1.54) is 5.56 Å². The molecule has 0 saturated carbocycles. The highest BCUT2D eigenvalue weighted by Crippen LogP contribution is 2.32. The van der Waals surface area contributed by atoms with Gasteiger partial charge in [-0.1, -0.05) is 48.5 Å². The van der Waals surface area contributed by atoms with Crippen molar-refractivity contribution < 1.29 is 13.2 Å². The average Bonchev–Trinajstić information content (AvgIpc) is 3.19. The Bertz CT molecular complexity index is 959. The first kappa shape index (κ1) is 19.0. The van der Waals surface area contributed by atoms with Gasteiger partial charge in [0.1, 0.15) is 0 Å². The van der Waals surface area contributed by atoms with Crippen LogP contribution < -0.4 is 4.90 Å². The van der Waals surface area contributed by atoms with E-state index in [2.05, 4.69) is 24.0 Å². The summed E-state index contributed by atoms with van der Waals surface area (Å²) in [6.07, 6.45) is 1.45. The van der Waals surface area contributed by atoms with Crippen LogP contribution in [0.2, 0.25) is 0 Å². The summed E-state index contributed by atoms with van der Waals surface area (Å²) < 4.78 is 24.1. The Balaban J connectivity index is 1.56. The Morgan fingerprint density at radius 3 is 2.54 bits per heavy atom. The van der Waals surface area contributed by atoms with Gasteiger partial charge in [0.15, 0.2) is 9.84 Å². The Morgan fingerprint density at radius 1 is 1.11 bits per heavy atom. The van der Waals surface area contributed by atoms with Crippen LogP contribution in [-0.4, -0.2) is 49.4 Å². The summed E-state index contributed by atoms with van der Waals surface area (Å²) >= 11 is 0. The molecule has 5 nitrogen and oxygen atoms in total. The summed E-state index contributed by atoms with van der Waals surface area (Å²) in [5.74, 6) is 0.228. The van der Waals surface area contributed by atoms with Crippen molar-refractivity contribution in [2.24, 2.45) is 0 Å². The van der Waals surface area contributed by atoms with Crippen LogP contribution >= 0.6 is 0 Å². The van der Waals surface area contributed by atoms with Crippen LogP contribution in [0, 0.1) is 0 Å². The third-order valence-corrected chi connectivity index (χ3v) is 7.57. The van der Waals surface area contributed by atoms with Gasteiger partial charge in [-0.05, 0) is 37.0 Å². The van der Waals surface area contributed by atoms with Gasteiger partial charge in [0.2, 0.25) is 5.91 Å². The van der Waals surface area contributed by atoms with Crippen LogP contribution in [0.15, 0.2) is 54.6 Å². The lowest BCUT2D eigenvalue weighted by Gasteiger charge is -2.32. The monoisotopic (exact) mass is 398 g/mol. The van der Waals surface area contributed by atoms with Crippen LogP contribution in [0.3, 0.4) is 0 Å². The number of amides is 1. The van der Waals surface area contributed by atoms with Gasteiger partial charge in [0, 0.05) is 24.3 Å². The number of para-hydroxylation sites is 1. The third-order valence-electron chi connectivity index (χ3n) is 5.82. The molecule has 0 aliphatic carbocycles. The number of fused-ring (bicyclic) bond motifs is 1. The molecule has 1 amide bonds. The van der Waals surface area contributed by atoms with E-state index in [4.69, 9.17) is 0 Å². The highest BCUT2D eigenvalue weighted by Gasteiger charge is 2.36. The topological polar surface area (TPSA) is 57.7 Å². The molecule has 148 valence electrons. The predicted octanol–water partition coefficient (Wildman–Crippen LogP) is 2.65. The normalized spacial score (nSPS) is 22.8. The van der Waals surface area contributed by atoms with Gasteiger partial charge in [0.05, 0.1) is 18.1 Å². The van der Waals surface area contributed by atoms with E-state index in [-0.39, 0.29) is 36.0 Å². The molecule has 2 aliphatic heterocycles. The number of sulfone groups is 1. The van der Waals surface area contributed by atoms with Crippen LogP contribution in [-0.2, 0) is 27.6 Å². The lowest BCUT2D eigenvalue weighted by Crippen LogP contribution is -2.47. The van der Waals surface area contributed by atoms with Crippen molar-refractivity contribution in [1.82, 2.24) is 4.90 Å². The number of benzene rings is 2. The van der Waals surface area contributed by atoms with E-state index < -0.39 is 9.84 Å². The van der Waals surface area contributed by atoms with Gasteiger partial charge >= 0.3 is 0 Å². The molecule has 0 unspecified atom stereocenters. The molecule has 2 aromatic carbocycles. The van der Waals surface area contributed by atoms with Crippen molar-refractivity contribution >= 4 is 21.4 Å². The van der Waals surface area contributed by atoms with Gasteiger partial charge in [-0.3, -0.25) is 4.79 Å². The van der Waals surface area contributed by atoms with Crippen LogP contribution in [0.25, 0.3) is 0 Å². The molecule has 0 radical (unpaired) electrons. The summed E-state index contributed by atoms with van der Waals surface area (Å²) in [5.41, 5.74) is 3.40.